The van der Waals surface area contributed by atoms with Crippen LogP contribution in [0.25, 0.3) is 0 Å². The molecule has 2 nitrogen and oxygen atoms in total. The van der Waals surface area contributed by atoms with Crippen LogP contribution in [0.1, 0.15) is 49.0 Å². The van der Waals surface area contributed by atoms with Crippen LogP contribution in [0.15, 0.2) is 22.8 Å². The summed E-state index contributed by atoms with van der Waals surface area (Å²) < 4.78 is 0.918. The summed E-state index contributed by atoms with van der Waals surface area (Å²) in [6, 6.07) is 3.68. The predicted molar refractivity (Wildman–Crippen MR) is 67.5 cm³/mol. The van der Waals surface area contributed by atoms with Crippen LogP contribution in [0.2, 0.25) is 0 Å². The Bertz CT molecular complexity index is 355. The van der Waals surface area contributed by atoms with Gasteiger partial charge >= 0.3 is 0 Å². The van der Waals surface area contributed by atoms with Crippen molar-refractivity contribution >= 4 is 21.7 Å². The van der Waals surface area contributed by atoms with Gasteiger partial charge in [0.1, 0.15) is 5.69 Å². The lowest BCUT2D eigenvalue weighted by Gasteiger charge is -2.20. The first kappa shape index (κ1) is 11.8. The van der Waals surface area contributed by atoms with Gasteiger partial charge in [0.25, 0.3) is 0 Å². The molecule has 0 spiro atoms. The predicted octanol–water partition coefficient (Wildman–Crippen LogP) is 4.00. The average molecular weight is 282 g/mol. The third kappa shape index (κ3) is 3.14. The van der Waals surface area contributed by atoms with Crippen molar-refractivity contribution in [2.45, 2.75) is 38.5 Å². The summed E-state index contributed by atoms with van der Waals surface area (Å²) in [6.07, 6.45) is 8.69. The summed E-state index contributed by atoms with van der Waals surface area (Å²) in [5, 5.41) is 0. The molecule has 0 bridgehead atoms. The number of halogens is 1. The number of hydrogen-bond acceptors (Lipinski definition) is 2. The molecule has 3 heteroatoms. The molecule has 0 aromatic carbocycles. The Balaban J connectivity index is 1.94. The Morgan fingerprint density at radius 2 is 2.06 bits per heavy atom. The van der Waals surface area contributed by atoms with Crippen molar-refractivity contribution in [2.24, 2.45) is 5.92 Å². The molecule has 1 aliphatic rings. The maximum absolute atomic E-state index is 11.9. The van der Waals surface area contributed by atoms with Crippen LogP contribution in [0.3, 0.4) is 0 Å². The fourth-order valence-electron chi connectivity index (χ4n) is 2.30. The van der Waals surface area contributed by atoms with Crippen molar-refractivity contribution in [3.05, 3.63) is 28.5 Å². The molecule has 0 atom stereocenters. The van der Waals surface area contributed by atoms with Crippen LogP contribution in [-0.2, 0) is 0 Å². The van der Waals surface area contributed by atoms with Gasteiger partial charge in [-0.3, -0.25) is 9.78 Å². The molecule has 0 radical (unpaired) electrons. The third-order valence-corrected chi connectivity index (χ3v) is 3.68. The van der Waals surface area contributed by atoms with Crippen LogP contribution >= 0.6 is 15.9 Å². The monoisotopic (exact) mass is 281 g/mol. The van der Waals surface area contributed by atoms with E-state index in [-0.39, 0.29) is 5.78 Å². The number of hydrogen-bond donors (Lipinski definition) is 0. The first-order valence-corrected chi connectivity index (χ1v) is 6.70. The van der Waals surface area contributed by atoms with Gasteiger partial charge in [-0.2, -0.15) is 0 Å². The fraction of sp³-hybridized carbons (Fsp3) is 0.538. The second kappa shape index (κ2) is 5.58. The Labute approximate surface area is 105 Å². The zero-order chi connectivity index (χ0) is 11.4. The topological polar surface area (TPSA) is 30.0 Å². The molecule has 1 aromatic heterocycles. The van der Waals surface area contributed by atoms with Gasteiger partial charge in [-0.1, -0.05) is 32.1 Å². The van der Waals surface area contributed by atoms with E-state index in [4.69, 9.17) is 0 Å². The van der Waals surface area contributed by atoms with Gasteiger partial charge in [-0.05, 0) is 34.0 Å². The highest BCUT2D eigenvalue weighted by atomic mass is 79.9. The number of pyridine rings is 1. The second-order valence-corrected chi connectivity index (χ2v) is 5.41. The molecule has 1 aromatic rings. The van der Waals surface area contributed by atoms with E-state index in [1.165, 1.54) is 32.1 Å². The maximum Gasteiger partial charge on any atom is 0.181 e. The van der Waals surface area contributed by atoms with E-state index in [1.807, 2.05) is 6.07 Å². The highest BCUT2D eigenvalue weighted by Gasteiger charge is 2.18. The summed E-state index contributed by atoms with van der Waals surface area (Å²) in [5.41, 5.74) is 0.605. The van der Waals surface area contributed by atoms with Gasteiger partial charge in [0.15, 0.2) is 5.78 Å². The Morgan fingerprint density at radius 3 is 2.69 bits per heavy atom. The Kier molecular flexibility index (Phi) is 4.10. The van der Waals surface area contributed by atoms with Gasteiger partial charge < -0.3 is 0 Å². The zero-order valence-electron chi connectivity index (χ0n) is 9.29. The van der Waals surface area contributed by atoms with Crippen LogP contribution < -0.4 is 0 Å². The van der Waals surface area contributed by atoms with Gasteiger partial charge in [-0.15, -0.1) is 0 Å². The standard InChI is InChI=1S/C13H16BrNO/c14-11-6-7-12(15-9-11)13(16)8-10-4-2-1-3-5-10/h6-7,9-10H,1-5,8H2. The highest BCUT2D eigenvalue weighted by molar-refractivity contribution is 9.10. The van der Waals surface area contributed by atoms with Gasteiger partial charge in [0, 0.05) is 17.1 Å². The number of carbonyl (C=O) groups excluding carboxylic acids is 1. The van der Waals surface area contributed by atoms with Crippen molar-refractivity contribution in [3.63, 3.8) is 0 Å². The highest BCUT2D eigenvalue weighted by Crippen LogP contribution is 2.27. The lowest BCUT2D eigenvalue weighted by Crippen LogP contribution is -2.13. The number of nitrogens with zero attached hydrogens (tertiary/aromatic N) is 1. The molecule has 86 valence electrons. The Hall–Kier alpha value is -0.700. The van der Waals surface area contributed by atoms with E-state index < -0.39 is 0 Å². The minimum Gasteiger partial charge on any atom is -0.292 e. The third-order valence-electron chi connectivity index (χ3n) is 3.21. The number of aromatic nitrogens is 1. The first-order chi connectivity index (χ1) is 7.75. The van der Waals surface area contributed by atoms with Crippen molar-refractivity contribution < 1.29 is 4.79 Å². The molecule has 16 heavy (non-hydrogen) atoms. The molecular formula is C13H16BrNO. The normalized spacial score (nSPS) is 17.3. The second-order valence-electron chi connectivity index (χ2n) is 4.49. The quantitative estimate of drug-likeness (QED) is 0.784. The maximum atomic E-state index is 11.9. The number of Topliss-reactive ketones (excluding diaryl/α,β-unsaturated/α-hetero) is 1. The number of rotatable bonds is 3. The average Bonchev–Trinajstić information content (AvgIpc) is 2.31. The molecule has 0 amide bonds. The Morgan fingerprint density at radius 1 is 1.31 bits per heavy atom. The smallest absolute Gasteiger partial charge is 0.181 e. The van der Waals surface area contributed by atoms with Gasteiger partial charge in [0.2, 0.25) is 0 Å². The van der Waals surface area contributed by atoms with Gasteiger partial charge in [-0.25, -0.2) is 0 Å². The molecule has 0 aliphatic heterocycles. The number of carbonyl (C=O) groups is 1. The van der Waals surface area contributed by atoms with Crippen LogP contribution in [0.5, 0.6) is 0 Å². The molecule has 0 saturated heterocycles. The molecular weight excluding hydrogens is 266 g/mol. The van der Waals surface area contributed by atoms with E-state index in [0.29, 0.717) is 18.0 Å². The minimum atomic E-state index is 0.194. The minimum absolute atomic E-state index is 0.194. The van der Waals surface area contributed by atoms with Gasteiger partial charge in [0.05, 0.1) is 0 Å². The summed E-state index contributed by atoms with van der Waals surface area (Å²) in [7, 11) is 0. The molecule has 1 saturated carbocycles. The molecule has 2 rings (SSSR count). The van der Waals surface area contributed by atoms with Crippen molar-refractivity contribution in [3.8, 4) is 0 Å². The summed E-state index contributed by atoms with van der Waals surface area (Å²) >= 11 is 3.32. The molecule has 0 unspecified atom stereocenters. The lowest BCUT2D eigenvalue weighted by molar-refractivity contribution is 0.0945. The molecule has 1 heterocycles. The van der Waals surface area contributed by atoms with E-state index >= 15 is 0 Å². The first-order valence-electron chi connectivity index (χ1n) is 5.90. The van der Waals surface area contributed by atoms with Crippen molar-refractivity contribution in [1.29, 1.82) is 0 Å². The van der Waals surface area contributed by atoms with E-state index in [0.717, 1.165) is 4.47 Å². The van der Waals surface area contributed by atoms with E-state index in [2.05, 4.69) is 20.9 Å². The summed E-state index contributed by atoms with van der Waals surface area (Å²) in [6.45, 7) is 0. The summed E-state index contributed by atoms with van der Waals surface area (Å²) in [4.78, 5) is 16.1. The van der Waals surface area contributed by atoms with Crippen molar-refractivity contribution in [2.75, 3.05) is 0 Å². The zero-order valence-corrected chi connectivity index (χ0v) is 10.9. The fourth-order valence-corrected chi connectivity index (χ4v) is 2.53. The summed E-state index contributed by atoms with van der Waals surface area (Å²) in [5.74, 6) is 0.783. The largest absolute Gasteiger partial charge is 0.292 e. The van der Waals surface area contributed by atoms with E-state index in [9.17, 15) is 4.79 Å². The number of ketones is 1. The van der Waals surface area contributed by atoms with Crippen LogP contribution in [-0.4, -0.2) is 10.8 Å². The molecule has 1 aliphatic carbocycles. The lowest BCUT2D eigenvalue weighted by atomic mass is 9.85. The van der Waals surface area contributed by atoms with E-state index in [1.54, 1.807) is 12.3 Å². The molecule has 0 N–H and O–H groups in total. The van der Waals surface area contributed by atoms with Crippen LogP contribution in [0, 0.1) is 5.92 Å². The molecule has 1 fully saturated rings. The van der Waals surface area contributed by atoms with Crippen LogP contribution in [0.4, 0.5) is 0 Å². The van der Waals surface area contributed by atoms with Crippen molar-refractivity contribution in [1.82, 2.24) is 4.98 Å². The SMILES string of the molecule is O=C(CC1CCCCC1)c1ccc(Br)cn1.